The van der Waals surface area contributed by atoms with Crippen LogP contribution in [-0.4, -0.2) is 44.9 Å². The molecule has 1 atom stereocenters. The Bertz CT molecular complexity index is 894. The minimum atomic E-state index is -3.60. The van der Waals surface area contributed by atoms with Crippen molar-refractivity contribution in [2.75, 3.05) is 31.6 Å². The summed E-state index contributed by atoms with van der Waals surface area (Å²) < 4.78 is 32.3. The fourth-order valence-corrected chi connectivity index (χ4v) is 4.78. The zero-order valence-corrected chi connectivity index (χ0v) is 16.8. The van der Waals surface area contributed by atoms with Crippen molar-refractivity contribution in [3.05, 3.63) is 60.2 Å². The number of morpholine rings is 1. The number of anilines is 1. The normalized spacial score (nSPS) is 16.5. The van der Waals surface area contributed by atoms with Crippen molar-refractivity contribution in [2.24, 2.45) is 0 Å². The maximum atomic E-state index is 12.9. The lowest BCUT2D eigenvalue weighted by Crippen LogP contribution is -2.40. The van der Waals surface area contributed by atoms with E-state index in [1.807, 2.05) is 37.3 Å². The Morgan fingerprint density at radius 3 is 2.50 bits per heavy atom. The number of hydrogen-bond acceptors (Lipinski definition) is 4. The van der Waals surface area contributed by atoms with Crippen molar-refractivity contribution in [1.82, 2.24) is 4.31 Å². The van der Waals surface area contributed by atoms with E-state index in [2.05, 4.69) is 5.32 Å². The lowest BCUT2D eigenvalue weighted by atomic mass is 9.93. The zero-order chi connectivity index (χ0) is 20.0. The third kappa shape index (κ3) is 4.79. The molecule has 2 aromatic carbocycles. The van der Waals surface area contributed by atoms with Crippen molar-refractivity contribution in [1.29, 1.82) is 0 Å². The number of rotatable bonds is 7. The Balaban J connectivity index is 1.79. The molecule has 0 bridgehead atoms. The minimum Gasteiger partial charge on any atom is -0.379 e. The number of amides is 1. The van der Waals surface area contributed by atoms with E-state index in [1.165, 1.54) is 10.4 Å². The van der Waals surface area contributed by atoms with Gasteiger partial charge in [-0.05, 0) is 30.2 Å². The molecule has 1 saturated heterocycles. The molecule has 7 heteroatoms. The number of sulfonamides is 1. The van der Waals surface area contributed by atoms with Crippen LogP contribution in [0.3, 0.4) is 0 Å². The number of carbonyl (C=O) groups is 1. The van der Waals surface area contributed by atoms with Crippen LogP contribution >= 0.6 is 0 Å². The molecule has 0 saturated carbocycles. The van der Waals surface area contributed by atoms with Gasteiger partial charge in [0.05, 0.1) is 24.0 Å². The molecule has 0 aromatic heterocycles. The molecule has 6 nitrogen and oxygen atoms in total. The van der Waals surface area contributed by atoms with Gasteiger partial charge in [0.2, 0.25) is 15.9 Å². The Labute approximate surface area is 166 Å². The number of nitrogens with one attached hydrogen (secondary N) is 1. The highest BCUT2D eigenvalue weighted by Gasteiger charge is 2.27. The summed E-state index contributed by atoms with van der Waals surface area (Å²) in [6.07, 6.45) is 1.60. The average Bonchev–Trinajstić information content (AvgIpc) is 2.73. The van der Waals surface area contributed by atoms with Crippen LogP contribution in [0, 0.1) is 0 Å². The topological polar surface area (TPSA) is 75.7 Å². The summed E-state index contributed by atoms with van der Waals surface area (Å²) >= 11 is 0. The summed E-state index contributed by atoms with van der Waals surface area (Å²) in [6.45, 7) is 3.51. The van der Waals surface area contributed by atoms with Gasteiger partial charge >= 0.3 is 0 Å². The van der Waals surface area contributed by atoms with Crippen LogP contribution in [0.15, 0.2) is 59.5 Å². The van der Waals surface area contributed by atoms with Crippen LogP contribution in [0.5, 0.6) is 0 Å². The molecular formula is C21H26N2O4S. The van der Waals surface area contributed by atoms with Crippen molar-refractivity contribution in [3.8, 4) is 0 Å². The summed E-state index contributed by atoms with van der Waals surface area (Å²) in [5.74, 6) is -0.403. The molecule has 0 aliphatic carbocycles. The van der Waals surface area contributed by atoms with Crippen LogP contribution in [0.2, 0.25) is 0 Å². The van der Waals surface area contributed by atoms with Crippen molar-refractivity contribution in [3.63, 3.8) is 0 Å². The molecule has 1 heterocycles. The third-order valence-corrected chi connectivity index (χ3v) is 6.70. The van der Waals surface area contributed by atoms with E-state index in [0.717, 1.165) is 18.4 Å². The lowest BCUT2D eigenvalue weighted by Gasteiger charge is -2.26. The van der Waals surface area contributed by atoms with Crippen LogP contribution in [0.1, 0.15) is 31.2 Å². The van der Waals surface area contributed by atoms with Crippen LogP contribution in [0.4, 0.5) is 5.69 Å². The highest BCUT2D eigenvalue weighted by atomic mass is 32.2. The first-order valence-electron chi connectivity index (χ1n) is 9.56. The van der Waals surface area contributed by atoms with Gasteiger partial charge in [0.1, 0.15) is 0 Å². The Kier molecular flexibility index (Phi) is 6.83. The van der Waals surface area contributed by atoms with E-state index in [1.54, 1.807) is 18.2 Å². The molecule has 1 unspecified atom stereocenters. The Morgan fingerprint density at radius 1 is 1.11 bits per heavy atom. The van der Waals surface area contributed by atoms with Crippen LogP contribution < -0.4 is 5.32 Å². The molecule has 2 aromatic rings. The second-order valence-corrected chi connectivity index (χ2v) is 8.72. The second-order valence-electron chi connectivity index (χ2n) is 6.79. The van der Waals surface area contributed by atoms with Gasteiger partial charge in [-0.15, -0.1) is 0 Å². The molecule has 3 rings (SSSR count). The van der Waals surface area contributed by atoms with E-state index < -0.39 is 10.0 Å². The van der Waals surface area contributed by atoms with E-state index in [4.69, 9.17) is 4.74 Å². The number of carbonyl (C=O) groups excluding carboxylic acids is 1. The number of nitrogens with zero attached hydrogens (tertiary/aromatic N) is 1. The van der Waals surface area contributed by atoms with E-state index in [-0.39, 0.29) is 16.7 Å². The predicted octanol–water partition coefficient (Wildman–Crippen LogP) is 3.23. The SMILES string of the molecule is CCCC(C(=O)Nc1cccc(S(=O)(=O)N2CCOCC2)c1)c1ccccc1. The average molecular weight is 403 g/mol. The zero-order valence-electron chi connectivity index (χ0n) is 16.0. The van der Waals surface area contributed by atoms with E-state index in [0.29, 0.717) is 32.0 Å². The molecule has 1 N–H and O–H groups in total. The number of hydrogen-bond donors (Lipinski definition) is 1. The first-order valence-corrected chi connectivity index (χ1v) is 11.0. The molecule has 28 heavy (non-hydrogen) atoms. The predicted molar refractivity (Wildman–Crippen MR) is 109 cm³/mol. The minimum absolute atomic E-state index is 0.131. The van der Waals surface area contributed by atoms with Gasteiger partial charge in [0, 0.05) is 18.8 Å². The van der Waals surface area contributed by atoms with Crippen LogP contribution in [0.25, 0.3) is 0 Å². The van der Waals surface area contributed by atoms with Crippen molar-refractivity contribution in [2.45, 2.75) is 30.6 Å². The van der Waals surface area contributed by atoms with Gasteiger partial charge in [-0.25, -0.2) is 8.42 Å². The monoisotopic (exact) mass is 402 g/mol. The molecule has 150 valence electrons. The quantitative estimate of drug-likeness (QED) is 0.771. The molecular weight excluding hydrogens is 376 g/mol. The summed E-state index contributed by atoms with van der Waals surface area (Å²) in [5, 5.41) is 2.89. The van der Waals surface area contributed by atoms with Crippen molar-refractivity contribution < 1.29 is 17.9 Å². The molecule has 0 radical (unpaired) electrons. The maximum absolute atomic E-state index is 12.9. The Hall–Kier alpha value is -2.22. The summed E-state index contributed by atoms with van der Waals surface area (Å²) in [4.78, 5) is 13.1. The second kappa shape index (κ2) is 9.32. The van der Waals surface area contributed by atoms with Gasteiger partial charge in [-0.1, -0.05) is 49.7 Å². The van der Waals surface area contributed by atoms with E-state index in [9.17, 15) is 13.2 Å². The third-order valence-electron chi connectivity index (χ3n) is 4.81. The lowest BCUT2D eigenvalue weighted by molar-refractivity contribution is -0.117. The smallest absolute Gasteiger partial charge is 0.243 e. The number of ether oxygens (including phenoxy) is 1. The Morgan fingerprint density at radius 2 is 1.82 bits per heavy atom. The van der Waals surface area contributed by atoms with Gasteiger partial charge in [-0.2, -0.15) is 4.31 Å². The summed E-state index contributed by atoms with van der Waals surface area (Å²) in [6, 6.07) is 16.1. The first-order chi connectivity index (χ1) is 13.5. The fourth-order valence-electron chi connectivity index (χ4n) is 3.32. The molecule has 1 amide bonds. The maximum Gasteiger partial charge on any atom is 0.243 e. The van der Waals surface area contributed by atoms with Crippen LogP contribution in [-0.2, 0) is 19.6 Å². The first kappa shape index (κ1) is 20.5. The van der Waals surface area contributed by atoms with Gasteiger partial charge < -0.3 is 10.1 Å². The molecule has 0 spiro atoms. The molecule has 1 aliphatic heterocycles. The fraction of sp³-hybridized carbons (Fsp3) is 0.381. The highest BCUT2D eigenvalue weighted by Crippen LogP contribution is 2.25. The van der Waals surface area contributed by atoms with Crippen molar-refractivity contribution >= 4 is 21.6 Å². The number of benzene rings is 2. The molecule has 1 fully saturated rings. The summed E-state index contributed by atoms with van der Waals surface area (Å²) in [5.41, 5.74) is 1.44. The van der Waals surface area contributed by atoms with Gasteiger partial charge in [0.25, 0.3) is 0 Å². The van der Waals surface area contributed by atoms with Gasteiger partial charge in [-0.3, -0.25) is 4.79 Å². The van der Waals surface area contributed by atoms with E-state index >= 15 is 0 Å². The largest absolute Gasteiger partial charge is 0.379 e. The molecule has 1 aliphatic rings. The van der Waals surface area contributed by atoms with Gasteiger partial charge in [0.15, 0.2) is 0 Å². The summed E-state index contributed by atoms with van der Waals surface area (Å²) in [7, 11) is -3.60. The highest BCUT2D eigenvalue weighted by molar-refractivity contribution is 7.89. The standard InChI is InChI=1S/C21H26N2O4S/c1-2-7-20(17-8-4-3-5-9-17)21(24)22-18-10-6-11-19(16-18)28(25,26)23-12-14-27-15-13-23/h3-6,8-11,16,20H,2,7,12-15H2,1H3,(H,22,24).